The molecule has 1 aromatic carbocycles. The fraction of sp³-hybridized carbons (Fsp3) is 0.409. The number of ether oxygens (including phenoxy) is 1. The number of carbonyl (C=O) groups is 2. The van der Waals surface area contributed by atoms with Crippen molar-refractivity contribution in [3.63, 3.8) is 0 Å². The van der Waals surface area contributed by atoms with E-state index in [-0.39, 0.29) is 12.5 Å². The van der Waals surface area contributed by atoms with E-state index in [1.165, 1.54) is 22.7 Å². The number of halogens is 3. The Balaban J connectivity index is 1.64. The third-order valence-corrected chi connectivity index (χ3v) is 5.97. The number of likely N-dealkylation sites (tertiary alicyclic amines) is 1. The van der Waals surface area contributed by atoms with E-state index in [4.69, 9.17) is 39.5 Å². The lowest BCUT2D eigenvalue weighted by Crippen LogP contribution is -2.38. The van der Waals surface area contributed by atoms with Gasteiger partial charge in [-0.25, -0.2) is 9.48 Å². The minimum absolute atomic E-state index is 0.114. The number of rotatable bonds is 1. The van der Waals surface area contributed by atoms with Crippen molar-refractivity contribution in [3.05, 3.63) is 58.4 Å². The molecule has 0 radical (unpaired) electrons. The Kier molecular flexibility index (Phi) is 6.33. The molecule has 0 saturated carbocycles. The second kappa shape index (κ2) is 8.85. The Bertz CT molecular complexity index is 1050. The molecule has 6 nitrogen and oxygen atoms in total. The lowest BCUT2D eigenvalue weighted by Gasteiger charge is -2.30. The maximum atomic E-state index is 12.3. The Morgan fingerprint density at radius 3 is 2.42 bits per heavy atom. The highest BCUT2D eigenvalue weighted by molar-refractivity contribution is 6.67. The number of carbonyl (C=O) groups excluding carboxylic acids is 2. The number of fused-ring (bicyclic) bond motifs is 2. The van der Waals surface area contributed by atoms with E-state index in [9.17, 15) is 9.59 Å². The molecule has 0 atom stereocenters. The number of alkyl halides is 3. The molecule has 1 aromatic heterocycles. The third kappa shape index (κ3) is 4.92. The van der Waals surface area contributed by atoms with Gasteiger partial charge in [0.05, 0.1) is 5.69 Å². The molecule has 0 spiro atoms. The highest BCUT2D eigenvalue weighted by Crippen LogP contribution is 2.38. The smallest absolute Gasteiger partial charge is 0.409 e. The molecular weight excluding hydrogens is 461 g/mol. The fourth-order valence-corrected chi connectivity index (χ4v) is 4.31. The van der Waals surface area contributed by atoms with Gasteiger partial charge in [0.15, 0.2) is 0 Å². The van der Waals surface area contributed by atoms with Crippen molar-refractivity contribution >= 4 is 52.4 Å². The molecule has 1 aliphatic heterocycles. The first-order valence-corrected chi connectivity index (χ1v) is 11.2. The van der Waals surface area contributed by atoms with Crippen LogP contribution in [0.5, 0.6) is 0 Å². The quantitative estimate of drug-likeness (QED) is 0.534. The van der Waals surface area contributed by atoms with Crippen LogP contribution in [0, 0.1) is 0 Å². The van der Waals surface area contributed by atoms with Crippen molar-refractivity contribution in [3.8, 4) is 0 Å². The van der Waals surface area contributed by atoms with Gasteiger partial charge in [-0.3, -0.25) is 4.79 Å². The summed E-state index contributed by atoms with van der Waals surface area (Å²) in [6.07, 6.45) is 4.42. The number of aromatic nitrogens is 2. The lowest BCUT2D eigenvalue weighted by atomic mass is 9.89. The Morgan fingerprint density at radius 2 is 1.74 bits per heavy atom. The number of piperidine rings is 1. The minimum Gasteiger partial charge on any atom is -0.445 e. The van der Waals surface area contributed by atoms with Crippen LogP contribution in [0.15, 0.2) is 36.0 Å². The first-order chi connectivity index (χ1) is 14.7. The zero-order valence-electron chi connectivity index (χ0n) is 17.0. The highest BCUT2D eigenvalue weighted by atomic mass is 35.6. The van der Waals surface area contributed by atoms with Crippen molar-refractivity contribution in [2.75, 3.05) is 19.7 Å². The van der Waals surface area contributed by atoms with Crippen LogP contribution in [0.3, 0.4) is 0 Å². The van der Waals surface area contributed by atoms with E-state index >= 15 is 0 Å². The summed E-state index contributed by atoms with van der Waals surface area (Å²) in [5, 5.41) is 4.64. The van der Waals surface area contributed by atoms with E-state index < -0.39 is 9.89 Å². The van der Waals surface area contributed by atoms with Crippen molar-refractivity contribution in [2.24, 2.45) is 0 Å². The maximum Gasteiger partial charge on any atom is 0.409 e. The normalized spacial score (nSPS) is 16.5. The zero-order valence-corrected chi connectivity index (χ0v) is 19.3. The average Bonchev–Trinajstić information content (AvgIpc) is 3.09. The monoisotopic (exact) mass is 481 g/mol. The van der Waals surface area contributed by atoms with Gasteiger partial charge in [-0.15, -0.1) is 0 Å². The third-order valence-electron chi connectivity index (χ3n) is 5.64. The van der Waals surface area contributed by atoms with Gasteiger partial charge in [0, 0.05) is 31.8 Å². The second-order valence-corrected chi connectivity index (χ2v) is 10.3. The van der Waals surface area contributed by atoms with Crippen LogP contribution in [-0.2, 0) is 17.6 Å². The van der Waals surface area contributed by atoms with Crippen LogP contribution in [0.25, 0.3) is 5.57 Å². The van der Waals surface area contributed by atoms with Crippen LogP contribution >= 0.6 is 34.8 Å². The highest BCUT2D eigenvalue weighted by Gasteiger charge is 2.29. The van der Waals surface area contributed by atoms with Gasteiger partial charge in [0.2, 0.25) is 9.70 Å². The summed E-state index contributed by atoms with van der Waals surface area (Å²) < 4.78 is 4.90. The zero-order chi connectivity index (χ0) is 22.2. The van der Waals surface area contributed by atoms with Gasteiger partial charge in [-0.1, -0.05) is 64.6 Å². The molecule has 0 N–H and O–H groups in total. The van der Waals surface area contributed by atoms with Crippen LogP contribution in [-0.4, -0.2) is 50.2 Å². The molecular formula is C22H22Cl3N3O3. The van der Waals surface area contributed by atoms with E-state index in [0.29, 0.717) is 25.9 Å². The summed E-state index contributed by atoms with van der Waals surface area (Å²) in [4.78, 5) is 25.9. The molecule has 9 heteroatoms. The maximum absolute atomic E-state index is 12.3. The van der Waals surface area contributed by atoms with Crippen LogP contribution in [0.1, 0.15) is 46.9 Å². The molecule has 31 heavy (non-hydrogen) atoms. The van der Waals surface area contributed by atoms with Crippen LogP contribution < -0.4 is 0 Å². The Hall–Kier alpha value is -2.02. The number of hydrogen-bond acceptors (Lipinski definition) is 4. The summed E-state index contributed by atoms with van der Waals surface area (Å²) in [6, 6.07) is 8.32. The van der Waals surface area contributed by atoms with Gasteiger partial charge >= 0.3 is 6.09 Å². The SMILES string of the molecule is CC(=O)n1cc2c(n1)C(=C1CCN(C(=O)OCC(Cl)(Cl)Cl)CC1)c1ccccc1CC2. The first-order valence-electron chi connectivity index (χ1n) is 10.1. The predicted octanol–water partition coefficient (Wildman–Crippen LogP) is 5.05. The molecule has 2 aliphatic rings. The number of amides is 1. The summed E-state index contributed by atoms with van der Waals surface area (Å²) in [7, 11) is 0. The molecule has 2 aromatic rings. The molecule has 2 heterocycles. The average molecular weight is 483 g/mol. The van der Waals surface area contributed by atoms with Crippen LogP contribution in [0.4, 0.5) is 4.79 Å². The molecule has 1 aliphatic carbocycles. The van der Waals surface area contributed by atoms with Gasteiger partial charge in [0.1, 0.15) is 6.61 Å². The Morgan fingerprint density at radius 1 is 1.06 bits per heavy atom. The van der Waals surface area contributed by atoms with E-state index in [2.05, 4.69) is 17.2 Å². The van der Waals surface area contributed by atoms with E-state index in [0.717, 1.165) is 35.2 Å². The lowest BCUT2D eigenvalue weighted by molar-refractivity contribution is 0.0920. The van der Waals surface area contributed by atoms with Gasteiger partial charge < -0.3 is 9.64 Å². The summed E-state index contributed by atoms with van der Waals surface area (Å²) in [6.45, 7) is 2.22. The summed E-state index contributed by atoms with van der Waals surface area (Å²) >= 11 is 17.0. The van der Waals surface area contributed by atoms with E-state index in [1.54, 1.807) is 4.90 Å². The van der Waals surface area contributed by atoms with Crippen molar-refractivity contribution in [2.45, 2.75) is 36.4 Å². The topological polar surface area (TPSA) is 64.4 Å². The minimum atomic E-state index is -1.63. The molecule has 0 unspecified atom stereocenters. The molecule has 4 rings (SSSR count). The van der Waals surface area contributed by atoms with Crippen LogP contribution in [0.2, 0.25) is 0 Å². The second-order valence-electron chi connectivity index (χ2n) is 7.76. The molecule has 1 saturated heterocycles. The van der Waals surface area contributed by atoms with Crippen molar-refractivity contribution in [1.29, 1.82) is 0 Å². The number of nitrogens with zero attached hydrogens (tertiary/aromatic N) is 3. The molecule has 164 valence electrons. The molecule has 1 amide bonds. The largest absolute Gasteiger partial charge is 0.445 e. The van der Waals surface area contributed by atoms with Gasteiger partial charge in [-0.05, 0) is 42.4 Å². The van der Waals surface area contributed by atoms with Gasteiger partial charge in [-0.2, -0.15) is 5.10 Å². The number of benzene rings is 1. The summed E-state index contributed by atoms with van der Waals surface area (Å²) in [5.41, 5.74) is 6.65. The summed E-state index contributed by atoms with van der Waals surface area (Å²) in [5.74, 6) is -0.114. The molecule has 1 fully saturated rings. The van der Waals surface area contributed by atoms with E-state index in [1.807, 2.05) is 18.3 Å². The number of aryl methyl sites for hydroxylation is 2. The predicted molar refractivity (Wildman–Crippen MR) is 121 cm³/mol. The molecule has 0 bridgehead atoms. The van der Waals surface area contributed by atoms with Crippen molar-refractivity contribution in [1.82, 2.24) is 14.7 Å². The number of hydrogen-bond donors (Lipinski definition) is 0. The van der Waals surface area contributed by atoms with Gasteiger partial charge in [0.25, 0.3) is 0 Å². The first kappa shape index (κ1) is 22.2. The van der Waals surface area contributed by atoms with Crippen molar-refractivity contribution < 1.29 is 14.3 Å². The Labute approximate surface area is 195 Å². The fourth-order valence-electron chi connectivity index (χ4n) is 4.15. The standard InChI is InChI=1S/C22H22Cl3N3O3/c1-14(29)28-12-17-7-6-15-4-2-3-5-18(15)19(20(17)26-28)16-8-10-27(11-9-16)21(30)31-13-22(23,24)25/h2-5,12H,6-11,13H2,1H3.